The molecule has 134 valence electrons. The second kappa shape index (κ2) is 7.05. The first-order valence-corrected chi connectivity index (χ1v) is 9.16. The minimum atomic E-state index is -0.249. The second-order valence-electron chi connectivity index (χ2n) is 5.93. The van der Waals surface area contributed by atoms with Gasteiger partial charge in [-0.2, -0.15) is 5.10 Å². The number of hydrogen-bond acceptors (Lipinski definition) is 5. The van der Waals surface area contributed by atoms with E-state index in [4.69, 9.17) is 0 Å². The quantitative estimate of drug-likeness (QED) is 0.558. The number of benzene rings is 2. The third-order valence-corrected chi connectivity index (χ3v) is 4.90. The lowest BCUT2D eigenvalue weighted by Crippen LogP contribution is -2.13. The fraction of sp³-hybridized carbons (Fsp3) is 0.0500. The van der Waals surface area contributed by atoms with Crippen LogP contribution in [-0.4, -0.2) is 25.8 Å². The van der Waals surface area contributed by atoms with Crippen LogP contribution in [0.5, 0.6) is 5.75 Å². The first-order valence-electron chi connectivity index (χ1n) is 8.28. The highest BCUT2D eigenvalue weighted by molar-refractivity contribution is 7.14. The summed E-state index contributed by atoms with van der Waals surface area (Å²) >= 11 is 1.35. The molecule has 2 heterocycles. The average molecular weight is 376 g/mol. The minimum Gasteiger partial charge on any atom is -0.508 e. The van der Waals surface area contributed by atoms with Gasteiger partial charge < -0.3 is 5.11 Å². The number of nitrogens with one attached hydrogen (secondary N) is 1. The van der Waals surface area contributed by atoms with E-state index in [0.29, 0.717) is 10.7 Å². The Labute approximate surface area is 159 Å². The number of rotatable bonds is 4. The number of phenolic OH excluding ortho intramolecular Hbond substituents is 1. The molecule has 0 bridgehead atoms. The van der Waals surface area contributed by atoms with Gasteiger partial charge in [-0.3, -0.25) is 10.1 Å². The molecule has 0 radical (unpaired) electrons. The van der Waals surface area contributed by atoms with Gasteiger partial charge in [0.2, 0.25) is 0 Å². The molecule has 27 heavy (non-hydrogen) atoms. The third kappa shape index (κ3) is 3.45. The highest BCUT2D eigenvalue weighted by Crippen LogP contribution is 2.26. The van der Waals surface area contributed by atoms with Gasteiger partial charge in [0.15, 0.2) is 5.13 Å². The topological polar surface area (TPSA) is 80.0 Å². The molecule has 0 saturated carbocycles. The van der Waals surface area contributed by atoms with E-state index in [1.54, 1.807) is 35.1 Å². The first-order chi connectivity index (χ1) is 13.1. The molecule has 2 aromatic carbocycles. The molecule has 0 aliphatic heterocycles. The van der Waals surface area contributed by atoms with Crippen molar-refractivity contribution in [3.63, 3.8) is 0 Å². The summed E-state index contributed by atoms with van der Waals surface area (Å²) in [4.78, 5) is 17.1. The zero-order valence-corrected chi connectivity index (χ0v) is 15.3. The molecule has 0 fully saturated rings. The molecule has 2 aromatic heterocycles. The number of anilines is 1. The fourth-order valence-corrected chi connectivity index (χ4v) is 3.44. The van der Waals surface area contributed by atoms with E-state index in [2.05, 4.69) is 15.4 Å². The number of phenols is 1. The summed E-state index contributed by atoms with van der Waals surface area (Å²) in [6.45, 7) is 1.86. The van der Waals surface area contributed by atoms with Gasteiger partial charge in [0, 0.05) is 10.9 Å². The Morgan fingerprint density at radius 2 is 1.85 bits per heavy atom. The lowest BCUT2D eigenvalue weighted by atomic mass is 10.2. The van der Waals surface area contributed by atoms with Crippen molar-refractivity contribution < 1.29 is 9.90 Å². The molecule has 6 nitrogen and oxygen atoms in total. The number of amides is 1. The van der Waals surface area contributed by atoms with Gasteiger partial charge in [-0.1, -0.05) is 18.2 Å². The predicted octanol–water partition coefficient (Wildman–Crippen LogP) is 4.26. The van der Waals surface area contributed by atoms with Gasteiger partial charge in [0.1, 0.15) is 5.75 Å². The lowest BCUT2D eigenvalue weighted by molar-refractivity contribution is 0.102. The summed E-state index contributed by atoms with van der Waals surface area (Å²) in [6.07, 6.45) is 1.56. The van der Waals surface area contributed by atoms with Crippen LogP contribution < -0.4 is 5.32 Å². The summed E-state index contributed by atoms with van der Waals surface area (Å²) < 4.78 is 1.73. The summed E-state index contributed by atoms with van der Waals surface area (Å²) in [5.41, 5.74) is 3.77. The molecule has 7 heteroatoms. The molecule has 0 aliphatic rings. The van der Waals surface area contributed by atoms with Crippen LogP contribution in [0.15, 0.2) is 66.2 Å². The predicted molar refractivity (Wildman–Crippen MR) is 105 cm³/mol. The van der Waals surface area contributed by atoms with E-state index in [-0.39, 0.29) is 11.7 Å². The number of nitrogens with zero attached hydrogens (tertiary/aromatic N) is 3. The summed E-state index contributed by atoms with van der Waals surface area (Å²) in [5, 5.41) is 18.9. The van der Waals surface area contributed by atoms with Crippen molar-refractivity contribution in [3.05, 3.63) is 77.4 Å². The highest BCUT2D eigenvalue weighted by Gasteiger charge is 2.16. The van der Waals surface area contributed by atoms with Gasteiger partial charge >= 0.3 is 0 Å². The van der Waals surface area contributed by atoms with E-state index in [1.165, 1.54) is 11.3 Å². The zero-order chi connectivity index (χ0) is 18.8. The number of thiazole rings is 1. The first kappa shape index (κ1) is 17.0. The van der Waals surface area contributed by atoms with Crippen molar-refractivity contribution in [1.82, 2.24) is 14.8 Å². The SMILES string of the molecule is Cc1c(C(=O)Nc2nc(-c3ccc(O)cc3)cs2)cnn1-c1ccccc1. The van der Waals surface area contributed by atoms with Crippen LogP contribution in [0.4, 0.5) is 5.13 Å². The Kier molecular flexibility index (Phi) is 4.43. The molecular formula is C20H16N4O2S. The number of hydrogen-bond donors (Lipinski definition) is 2. The Balaban J connectivity index is 1.53. The Hall–Kier alpha value is -3.45. The number of para-hydroxylation sites is 1. The second-order valence-corrected chi connectivity index (χ2v) is 6.79. The van der Waals surface area contributed by atoms with Gasteiger partial charge in [0.25, 0.3) is 5.91 Å². The average Bonchev–Trinajstić information content (AvgIpc) is 3.30. The Bertz CT molecular complexity index is 1080. The highest BCUT2D eigenvalue weighted by atomic mass is 32.1. The third-order valence-electron chi connectivity index (χ3n) is 4.14. The summed E-state index contributed by atoms with van der Waals surface area (Å²) in [5.74, 6) is -0.0466. The molecule has 2 N–H and O–H groups in total. The number of aromatic nitrogens is 3. The van der Waals surface area contributed by atoms with E-state index >= 15 is 0 Å². The molecule has 4 aromatic rings. The maximum Gasteiger partial charge on any atom is 0.260 e. The Morgan fingerprint density at radius 1 is 1.11 bits per heavy atom. The van der Waals surface area contributed by atoms with Crippen LogP contribution in [0.3, 0.4) is 0 Å². The maximum atomic E-state index is 12.6. The van der Waals surface area contributed by atoms with Crippen molar-refractivity contribution in [2.75, 3.05) is 5.32 Å². The Morgan fingerprint density at radius 3 is 2.59 bits per heavy atom. The molecule has 1 amide bonds. The number of carbonyl (C=O) groups excluding carboxylic acids is 1. The molecule has 0 spiro atoms. The fourth-order valence-electron chi connectivity index (χ4n) is 2.72. The van der Waals surface area contributed by atoms with Crippen molar-refractivity contribution in [2.45, 2.75) is 6.92 Å². The normalized spacial score (nSPS) is 10.7. The van der Waals surface area contributed by atoms with E-state index in [0.717, 1.165) is 22.6 Å². The van der Waals surface area contributed by atoms with E-state index in [1.807, 2.05) is 42.6 Å². The van der Waals surface area contributed by atoms with Crippen molar-refractivity contribution >= 4 is 22.4 Å². The van der Waals surface area contributed by atoms with Gasteiger partial charge in [-0.15, -0.1) is 11.3 Å². The van der Waals surface area contributed by atoms with E-state index in [9.17, 15) is 9.90 Å². The lowest BCUT2D eigenvalue weighted by Gasteiger charge is -2.05. The van der Waals surface area contributed by atoms with Crippen LogP contribution in [-0.2, 0) is 0 Å². The molecule has 0 aliphatic carbocycles. The standard InChI is InChI=1S/C20H16N4O2S/c1-13-17(11-21-24(13)15-5-3-2-4-6-15)19(26)23-20-22-18(12-27-20)14-7-9-16(25)10-8-14/h2-12,25H,1H3,(H,22,23,26). The van der Waals surface area contributed by atoms with Gasteiger partial charge in [-0.05, 0) is 43.3 Å². The number of aromatic hydroxyl groups is 1. The van der Waals surface area contributed by atoms with Crippen LogP contribution in [0.25, 0.3) is 16.9 Å². The minimum absolute atomic E-state index is 0.202. The molecular weight excluding hydrogens is 360 g/mol. The van der Waals surface area contributed by atoms with Crippen LogP contribution in [0.1, 0.15) is 16.1 Å². The molecule has 0 atom stereocenters. The van der Waals surface area contributed by atoms with Crippen molar-refractivity contribution in [1.29, 1.82) is 0 Å². The molecule has 0 unspecified atom stereocenters. The summed E-state index contributed by atoms with van der Waals surface area (Å²) in [6, 6.07) is 16.4. The largest absolute Gasteiger partial charge is 0.508 e. The summed E-state index contributed by atoms with van der Waals surface area (Å²) in [7, 11) is 0. The van der Waals surface area contributed by atoms with Crippen molar-refractivity contribution in [3.8, 4) is 22.7 Å². The monoisotopic (exact) mass is 376 g/mol. The van der Waals surface area contributed by atoms with Gasteiger partial charge in [-0.25, -0.2) is 9.67 Å². The van der Waals surface area contributed by atoms with Crippen LogP contribution >= 0.6 is 11.3 Å². The zero-order valence-electron chi connectivity index (χ0n) is 14.5. The van der Waals surface area contributed by atoms with Crippen LogP contribution in [0, 0.1) is 6.92 Å². The van der Waals surface area contributed by atoms with E-state index < -0.39 is 0 Å². The molecule has 0 saturated heterocycles. The van der Waals surface area contributed by atoms with Crippen molar-refractivity contribution in [2.24, 2.45) is 0 Å². The number of carbonyl (C=O) groups is 1. The maximum absolute atomic E-state index is 12.6. The smallest absolute Gasteiger partial charge is 0.260 e. The van der Waals surface area contributed by atoms with Crippen LogP contribution in [0.2, 0.25) is 0 Å². The van der Waals surface area contributed by atoms with Gasteiger partial charge in [0.05, 0.1) is 28.8 Å². The molecule has 4 rings (SSSR count).